The summed E-state index contributed by atoms with van der Waals surface area (Å²) >= 11 is 3.57. The second-order valence-corrected chi connectivity index (χ2v) is 6.11. The predicted molar refractivity (Wildman–Crippen MR) is 69.0 cm³/mol. The van der Waals surface area contributed by atoms with Crippen molar-refractivity contribution in [1.82, 2.24) is 0 Å². The Balaban J connectivity index is 2.08. The van der Waals surface area contributed by atoms with E-state index in [0.29, 0.717) is 0 Å². The Bertz CT molecular complexity index is 404. The lowest BCUT2D eigenvalue weighted by Gasteiger charge is -2.11. The number of hydrogen-bond donors (Lipinski definition) is 0. The van der Waals surface area contributed by atoms with E-state index in [9.17, 15) is 0 Å². The lowest BCUT2D eigenvalue weighted by molar-refractivity contribution is 0.635. The minimum Gasteiger partial charge on any atom is -0.458 e. The van der Waals surface area contributed by atoms with Crippen LogP contribution in [0.2, 0.25) is 0 Å². The first-order valence-electron chi connectivity index (χ1n) is 4.60. The zero-order valence-electron chi connectivity index (χ0n) is 8.01. The summed E-state index contributed by atoms with van der Waals surface area (Å²) in [5.41, 5.74) is 0. The predicted octanol–water partition coefficient (Wildman–Crippen LogP) is 4.10. The molecule has 0 bridgehead atoms. The van der Waals surface area contributed by atoms with Crippen LogP contribution in [0, 0.1) is 0 Å². The maximum Gasteiger partial charge on any atom is 0.188 e. The molecule has 0 aromatic heterocycles. The van der Waals surface area contributed by atoms with Gasteiger partial charge in [-0.3, -0.25) is 0 Å². The number of halogens is 1. The molecule has 76 valence electrons. The van der Waals surface area contributed by atoms with Crippen LogP contribution < -0.4 is 9.83 Å². The number of rotatable bonds is 3. The van der Waals surface area contributed by atoms with Gasteiger partial charge in [0.25, 0.3) is 0 Å². The summed E-state index contributed by atoms with van der Waals surface area (Å²) in [6, 6.07) is 20.0. The molecule has 15 heavy (non-hydrogen) atoms. The molecule has 0 saturated carbocycles. The van der Waals surface area contributed by atoms with Crippen LogP contribution >= 0.6 is 22.3 Å². The summed E-state index contributed by atoms with van der Waals surface area (Å²) in [7, 11) is 0. The lowest BCUT2D eigenvalue weighted by atomic mass is 10.3. The Labute approximate surface area is 98.7 Å². The first kappa shape index (κ1) is 10.7. The molecule has 0 saturated heterocycles. The Morgan fingerprint density at radius 1 is 0.800 bits per heavy atom. The van der Waals surface area contributed by atoms with E-state index in [4.69, 9.17) is 4.52 Å². The molecule has 2 aromatic carbocycles. The fraction of sp³-hybridized carbons (Fsp3) is 0. The van der Waals surface area contributed by atoms with E-state index in [-0.39, 0.29) is 0 Å². The molecule has 1 unspecified atom stereocenters. The third-order valence-electron chi connectivity index (χ3n) is 1.89. The smallest absolute Gasteiger partial charge is 0.188 e. The van der Waals surface area contributed by atoms with Gasteiger partial charge in [0.1, 0.15) is 5.75 Å². The van der Waals surface area contributed by atoms with E-state index < -0.39 is 6.85 Å². The van der Waals surface area contributed by atoms with Gasteiger partial charge in [0.2, 0.25) is 0 Å². The second kappa shape index (κ2) is 5.29. The van der Waals surface area contributed by atoms with Gasteiger partial charge in [-0.25, -0.2) is 0 Å². The molecule has 0 aliphatic rings. The topological polar surface area (TPSA) is 9.23 Å². The van der Waals surface area contributed by atoms with Gasteiger partial charge in [-0.05, 0) is 27.6 Å². The normalized spacial score (nSPS) is 12.1. The summed E-state index contributed by atoms with van der Waals surface area (Å²) < 4.78 is 5.78. The molecule has 1 atom stereocenters. The van der Waals surface area contributed by atoms with Gasteiger partial charge in [0, 0.05) is 5.30 Å². The monoisotopic (exact) mass is 280 g/mol. The van der Waals surface area contributed by atoms with E-state index in [1.165, 1.54) is 5.30 Å². The van der Waals surface area contributed by atoms with Gasteiger partial charge in [-0.2, -0.15) is 0 Å². The molecule has 0 N–H and O–H groups in total. The van der Waals surface area contributed by atoms with E-state index in [1.807, 2.05) is 48.5 Å². The van der Waals surface area contributed by atoms with Crippen molar-refractivity contribution in [3.05, 3.63) is 60.7 Å². The van der Waals surface area contributed by atoms with Crippen LogP contribution in [0.1, 0.15) is 0 Å². The zero-order chi connectivity index (χ0) is 10.5. The van der Waals surface area contributed by atoms with Crippen LogP contribution in [-0.2, 0) is 0 Å². The van der Waals surface area contributed by atoms with Crippen molar-refractivity contribution in [2.24, 2.45) is 0 Å². The van der Waals surface area contributed by atoms with Gasteiger partial charge < -0.3 is 4.52 Å². The van der Waals surface area contributed by atoms with Crippen LogP contribution in [0.5, 0.6) is 5.75 Å². The van der Waals surface area contributed by atoms with Crippen molar-refractivity contribution >= 4 is 27.6 Å². The Morgan fingerprint density at radius 2 is 1.33 bits per heavy atom. The Morgan fingerprint density at radius 3 is 1.93 bits per heavy atom. The molecule has 0 amide bonds. The fourth-order valence-electron chi connectivity index (χ4n) is 1.17. The highest BCUT2D eigenvalue weighted by molar-refractivity contribution is 9.39. The average molecular weight is 281 g/mol. The summed E-state index contributed by atoms with van der Waals surface area (Å²) in [6.45, 7) is -0.739. The number of para-hydroxylation sites is 1. The fourth-order valence-corrected chi connectivity index (χ4v) is 3.20. The molecule has 1 nitrogen and oxygen atoms in total. The van der Waals surface area contributed by atoms with Crippen molar-refractivity contribution in [2.45, 2.75) is 0 Å². The second-order valence-electron chi connectivity index (χ2n) is 2.98. The molecule has 0 radical (unpaired) electrons. The van der Waals surface area contributed by atoms with Gasteiger partial charge in [0.05, 0.1) is 0 Å². The quantitative estimate of drug-likeness (QED) is 0.770. The molecule has 3 heteroatoms. The van der Waals surface area contributed by atoms with Gasteiger partial charge in [0.15, 0.2) is 6.85 Å². The summed E-state index contributed by atoms with van der Waals surface area (Å²) in [4.78, 5) is 0. The molecular formula is C12H10BrOP. The van der Waals surface area contributed by atoms with Crippen LogP contribution in [0.25, 0.3) is 0 Å². The molecule has 0 heterocycles. The maximum absolute atomic E-state index is 5.78. The first-order chi connectivity index (χ1) is 7.36. The molecule has 0 spiro atoms. The van der Waals surface area contributed by atoms with Crippen LogP contribution in [0.15, 0.2) is 60.7 Å². The minimum absolute atomic E-state index is 0.739. The zero-order valence-corrected chi connectivity index (χ0v) is 10.5. The first-order valence-corrected chi connectivity index (χ1v) is 7.88. The molecular weight excluding hydrogens is 271 g/mol. The SMILES string of the molecule is BrP(Oc1ccccc1)c1ccccc1. The number of benzene rings is 2. The highest BCUT2D eigenvalue weighted by Gasteiger charge is 2.08. The van der Waals surface area contributed by atoms with Gasteiger partial charge in [-0.1, -0.05) is 48.5 Å². The largest absolute Gasteiger partial charge is 0.458 e. The molecule has 2 aromatic rings. The molecule has 0 aliphatic carbocycles. The molecule has 0 fully saturated rings. The summed E-state index contributed by atoms with van der Waals surface area (Å²) in [5.74, 6) is 0.893. The van der Waals surface area contributed by atoms with E-state index in [1.54, 1.807) is 0 Å². The summed E-state index contributed by atoms with van der Waals surface area (Å²) in [5, 5.41) is 1.18. The molecule has 2 rings (SSSR count). The Kier molecular flexibility index (Phi) is 3.76. The van der Waals surface area contributed by atoms with Crippen molar-refractivity contribution in [1.29, 1.82) is 0 Å². The van der Waals surface area contributed by atoms with Crippen molar-refractivity contribution < 1.29 is 4.52 Å². The summed E-state index contributed by atoms with van der Waals surface area (Å²) in [6.07, 6.45) is 0. The van der Waals surface area contributed by atoms with E-state index >= 15 is 0 Å². The van der Waals surface area contributed by atoms with Crippen LogP contribution in [-0.4, -0.2) is 0 Å². The van der Waals surface area contributed by atoms with Crippen molar-refractivity contribution in [2.75, 3.05) is 0 Å². The molecule has 0 aliphatic heterocycles. The van der Waals surface area contributed by atoms with E-state index in [2.05, 4.69) is 27.6 Å². The van der Waals surface area contributed by atoms with Crippen LogP contribution in [0.3, 0.4) is 0 Å². The average Bonchev–Trinajstić information content (AvgIpc) is 2.31. The van der Waals surface area contributed by atoms with E-state index in [0.717, 1.165) is 5.75 Å². The van der Waals surface area contributed by atoms with Gasteiger partial charge >= 0.3 is 0 Å². The third kappa shape index (κ3) is 3.05. The van der Waals surface area contributed by atoms with Crippen molar-refractivity contribution in [3.8, 4) is 5.75 Å². The highest BCUT2D eigenvalue weighted by Crippen LogP contribution is 2.44. The van der Waals surface area contributed by atoms with Crippen LogP contribution in [0.4, 0.5) is 0 Å². The van der Waals surface area contributed by atoms with Crippen molar-refractivity contribution in [3.63, 3.8) is 0 Å². The maximum atomic E-state index is 5.78. The number of hydrogen-bond acceptors (Lipinski definition) is 1. The standard InChI is InChI=1S/C12H10BrOP/c13-15(12-9-5-2-6-10-12)14-11-7-3-1-4-8-11/h1-10H. The van der Waals surface area contributed by atoms with Gasteiger partial charge in [-0.15, -0.1) is 0 Å². The minimum atomic E-state index is -0.739. The lowest BCUT2D eigenvalue weighted by Crippen LogP contribution is -1.99. The Hall–Kier alpha value is -0.850. The third-order valence-corrected chi connectivity index (χ3v) is 4.63. The highest BCUT2D eigenvalue weighted by atomic mass is 79.9.